The number of benzene rings is 2. The van der Waals surface area contributed by atoms with Gasteiger partial charge in [-0.25, -0.2) is 4.39 Å². The molecule has 4 nitrogen and oxygen atoms in total. The van der Waals surface area contributed by atoms with Crippen LogP contribution in [0.15, 0.2) is 48.5 Å². The van der Waals surface area contributed by atoms with E-state index in [9.17, 15) is 9.50 Å². The molecule has 26 heavy (non-hydrogen) atoms. The highest BCUT2D eigenvalue weighted by atomic mass is 19.1. The molecule has 0 amide bonds. The number of hydrogen-bond donors (Lipinski definition) is 1. The quantitative estimate of drug-likeness (QED) is 0.702. The maximum absolute atomic E-state index is 13.2. The number of methoxy groups -OCH3 is 1. The normalized spacial score (nSPS) is 12.6. The van der Waals surface area contributed by atoms with Crippen LogP contribution in [0.25, 0.3) is 0 Å². The molecule has 0 aliphatic carbocycles. The summed E-state index contributed by atoms with van der Waals surface area (Å²) in [7, 11) is 1.64. The third kappa shape index (κ3) is 7.12. The Bertz CT molecular complexity index is 661. The van der Waals surface area contributed by atoms with Crippen molar-refractivity contribution in [1.82, 2.24) is 4.90 Å². The average molecular weight is 361 g/mol. The first-order valence-corrected chi connectivity index (χ1v) is 8.85. The smallest absolute Gasteiger partial charge is 0.123 e. The van der Waals surface area contributed by atoms with E-state index in [2.05, 4.69) is 4.90 Å². The van der Waals surface area contributed by atoms with Gasteiger partial charge in [0, 0.05) is 19.6 Å². The van der Waals surface area contributed by atoms with Crippen molar-refractivity contribution in [3.05, 3.63) is 65.5 Å². The molecule has 142 valence electrons. The molecular weight excluding hydrogens is 333 g/mol. The lowest BCUT2D eigenvalue weighted by molar-refractivity contribution is -0.0106. The van der Waals surface area contributed by atoms with Crippen LogP contribution in [0.4, 0.5) is 4.39 Å². The van der Waals surface area contributed by atoms with Crippen molar-refractivity contribution in [2.75, 3.05) is 20.3 Å². The standard InChI is InChI=1S/C21H28FNO3/c1-16(2)26-15-20(24)14-23(12-17-7-9-19(22)10-8-17)13-18-5-4-6-21(11-18)25-3/h4-11,16,20,24H,12-15H2,1-3H3/t20-/m1/s1. The summed E-state index contributed by atoms with van der Waals surface area (Å²) in [5.41, 5.74) is 2.08. The van der Waals surface area contributed by atoms with Crippen molar-refractivity contribution in [2.45, 2.75) is 39.1 Å². The van der Waals surface area contributed by atoms with Gasteiger partial charge in [0.05, 0.1) is 25.9 Å². The van der Waals surface area contributed by atoms with Crippen molar-refractivity contribution in [3.63, 3.8) is 0 Å². The average Bonchev–Trinajstić information content (AvgIpc) is 2.62. The fraction of sp³-hybridized carbons (Fsp3) is 0.429. The third-order valence-electron chi connectivity index (χ3n) is 3.95. The SMILES string of the molecule is COc1cccc(CN(Cc2ccc(F)cc2)C[C@@H](O)COC(C)C)c1. The van der Waals surface area contributed by atoms with Crippen LogP contribution in [0.3, 0.4) is 0 Å². The molecule has 1 N–H and O–H groups in total. The van der Waals surface area contributed by atoms with E-state index in [1.54, 1.807) is 19.2 Å². The van der Waals surface area contributed by atoms with Gasteiger partial charge in [-0.3, -0.25) is 4.90 Å². The number of nitrogens with zero attached hydrogens (tertiary/aromatic N) is 1. The maximum atomic E-state index is 13.2. The van der Waals surface area contributed by atoms with E-state index in [0.29, 0.717) is 19.6 Å². The Labute approximate surface area is 155 Å². The molecule has 0 radical (unpaired) electrons. The number of aliphatic hydroxyl groups excluding tert-OH is 1. The summed E-state index contributed by atoms with van der Waals surface area (Å²) in [4.78, 5) is 2.12. The molecule has 0 unspecified atom stereocenters. The van der Waals surface area contributed by atoms with Gasteiger partial charge in [-0.05, 0) is 49.2 Å². The summed E-state index contributed by atoms with van der Waals surface area (Å²) in [6.45, 7) is 5.89. The van der Waals surface area contributed by atoms with Gasteiger partial charge in [-0.1, -0.05) is 24.3 Å². The number of rotatable bonds is 10. The lowest BCUT2D eigenvalue weighted by Crippen LogP contribution is -2.34. The Balaban J connectivity index is 2.07. The van der Waals surface area contributed by atoms with Crippen LogP contribution in [-0.2, 0) is 17.8 Å². The van der Waals surface area contributed by atoms with Crippen molar-refractivity contribution < 1.29 is 19.0 Å². The first kappa shape index (κ1) is 20.4. The van der Waals surface area contributed by atoms with Crippen LogP contribution in [0.1, 0.15) is 25.0 Å². The van der Waals surface area contributed by atoms with Crippen LogP contribution < -0.4 is 4.74 Å². The van der Waals surface area contributed by atoms with Crippen molar-refractivity contribution in [2.24, 2.45) is 0 Å². The zero-order valence-electron chi connectivity index (χ0n) is 15.7. The van der Waals surface area contributed by atoms with Crippen molar-refractivity contribution >= 4 is 0 Å². The zero-order valence-corrected chi connectivity index (χ0v) is 15.7. The number of ether oxygens (including phenoxy) is 2. The van der Waals surface area contributed by atoms with E-state index in [1.807, 2.05) is 38.1 Å². The summed E-state index contributed by atoms with van der Waals surface area (Å²) in [5, 5.41) is 10.3. The van der Waals surface area contributed by atoms with Crippen LogP contribution in [0.5, 0.6) is 5.75 Å². The molecule has 0 fully saturated rings. The van der Waals surface area contributed by atoms with Crippen LogP contribution in [0.2, 0.25) is 0 Å². The Morgan fingerprint density at radius 1 is 1.04 bits per heavy atom. The van der Waals surface area contributed by atoms with Gasteiger partial charge in [0.15, 0.2) is 0 Å². The minimum atomic E-state index is -0.594. The van der Waals surface area contributed by atoms with Crippen molar-refractivity contribution in [1.29, 1.82) is 0 Å². The fourth-order valence-electron chi connectivity index (χ4n) is 2.72. The topological polar surface area (TPSA) is 41.9 Å². The van der Waals surface area contributed by atoms with Gasteiger partial charge in [-0.15, -0.1) is 0 Å². The summed E-state index contributed by atoms with van der Waals surface area (Å²) < 4.78 is 24.0. The molecule has 0 aromatic heterocycles. The van der Waals surface area contributed by atoms with E-state index in [4.69, 9.17) is 9.47 Å². The largest absolute Gasteiger partial charge is 0.497 e. The van der Waals surface area contributed by atoms with Gasteiger partial charge < -0.3 is 14.6 Å². The minimum absolute atomic E-state index is 0.0774. The second-order valence-electron chi connectivity index (χ2n) is 6.68. The maximum Gasteiger partial charge on any atom is 0.123 e. The Morgan fingerprint density at radius 2 is 1.73 bits per heavy atom. The fourth-order valence-corrected chi connectivity index (χ4v) is 2.72. The van der Waals surface area contributed by atoms with Gasteiger partial charge in [0.25, 0.3) is 0 Å². The van der Waals surface area contributed by atoms with Gasteiger partial charge in [0.1, 0.15) is 11.6 Å². The van der Waals surface area contributed by atoms with Crippen LogP contribution in [0, 0.1) is 5.82 Å². The molecule has 5 heteroatoms. The third-order valence-corrected chi connectivity index (χ3v) is 3.95. The highest BCUT2D eigenvalue weighted by Crippen LogP contribution is 2.16. The summed E-state index contributed by atoms with van der Waals surface area (Å²) >= 11 is 0. The molecule has 2 aromatic rings. The monoisotopic (exact) mass is 361 g/mol. The molecule has 1 atom stereocenters. The minimum Gasteiger partial charge on any atom is -0.497 e. The van der Waals surface area contributed by atoms with Crippen LogP contribution >= 0.6 is 0 Å². The molecule has 0 saturated heterocycles. The van der Waals surface area contributed by atoms with Gasteiger partial charge in [0.2, 0.25) is 0 Å². The van der Waals surface area contributed by atoms with Gasteiger partial charge >= 0.3 is 0 Å². The molecule has 0 bridgehead atoms. The molecule has 0 spiro atoms. The highest BCUT2D eigenvalue weighted by Gasteiger charge is 2.14. The molecule has 2 rings (SSSR count). The van der Waals surface area contributed by atoms with Crippen LogP contribution in [-0.4, -0.2) is 42.5 Å². The molecule has 2 aromatic carbocycles. The van der Waals surface area contributed by atoms with Crippen molar-refractivity contribution in [3.8, 4) is 5.75 Å². The predicted octanol–water partition coefficient (Wildman–Crippen LogP) is 3.62. The molecule has 0 aliphatic rings. The molecular formula is C21H28FNO3. The van der Waals surface area contributed by atoms with E-state index in [0.717, 1.165) is 16.9 Å². The number of aliphatic hydroxyl groups is 1. The molecule has 0 saturated carbocycles. The number of hydrogen-bond acceptors (Lipinski definition) is 4. The first-order chi connectivity index (χ1) is 12.5. The van der Waals surface area contributed by atoms with Gasteiger partial charge in [-0.2, -0.15) is 0 Å². The van der Waals surface area contributed by atoms with E-state index < -0.39 is 6.10 Å². The Kier molecular flexibility index (Phi) is 8.04. The second-order valence-corrected chi connectivity index (χ2v) is 6.68. The predicted molar refractivity (Wildman–Crippen MR) is 101 cm³/mol. The summed E-state index contributed by atoms with van der Waals surface area (Å²) in [6.07, 6.45) is -0.517. The lowest BCUT2D eigenvalue weighted by Gasteiger charge is -2.26. The van der Waals surface area contributed by atoms with E-state index in [-0.39, 0.29) is 18.5 Å². The summed E-state index contributed by atoms with van der Waals surface area (Å²) in [6, 6.07) is 14.3. The first-order valence-electron chi connectivity index (χ1n) is 8.85. The van der Waals surface area contributed by atoms with E-state index in [1.165, 1.54) is 12.1 Å². The summed E-state index contributed by atoms with van der Waals surface area (Å²) in [5.74, 6) is 0.548. The second kappa shape index (κ2) is 10.3. The Morgan fingerprint density at radius 3 is 2.38 bits per heavy atom. The molecule has 0 heterocycles. The molecule has 0 aliphatic heterocycles. The van der Waals surface area contributed by atoms with E-state index >= 15 is 0 Å². The Hall–Kier alpha value is -1.95. The highest BCUT2D eigenvalue weighted by molar-refractivity contribution is 5.28. The lowest BCUT2D eigenvalue weighted by atomic mass is 10.1. The number of halogens is 1. The zero-order chi connectivity index (χ0) is 18.9.